The molecule has 3 atom stereocenters. The number of nitrogens with two attached hydrogens (primary N) is 1. The Morgan fingerprint density at radius 2 is 1.75 bits per heavy atom. The Balaban J connectivity index is 1.37. The first-order chi connectivity index (χ1) is 20.8. The van der Waals surface area contributed by atoms with Crippen molar-refractivity contribution in [1.82, 2.24) is 14.8 Å². The molecule has 2 aliphatic rings. The van der Waals surface area contributed by atoms with Crippen LogP contribution in [0, 0.1) is 23.4 Å². The van der Waals surface area contributed by atoms with Crippen molar-refractivity contribution in [3.8, 4) is 11.1 Å². The Bertz CT molecular complexity index is 1790. The van der Waals surface area contributed by atoms with Crippen molar-refractivity contribution in [2.45, 2.75) is 50.0 Å². The first-order valence-corrected chi connectivity index (χ1v) is 13.6. The minimum atomic E-state index is -3.42. The van der Waals surface area contributed by atoms with E-state index in [9.17, 15) is 31.5 Å². The van der Waals surface area contributed by atoms with E-state index < -0.39 is 89.2 Å². The fourth-order valence-electron chi connectivity index (χ4n) is 6.23. The molecular formula is C31H23F7N4O2. The van der Waals surface area contributed by atoms with Gasteiger partial charge in [-0.1, -0.05) is 12.1 Å². The van der Waals surface area contributed by atoms with E-state index >= 15 is 8.78 Å². The number of hydrogen-bond acceptors (Lipinski definition) is 4. The summed E-state index contributed by atoms with van der Waals surface area (Å²) < 4.78 is 101. The van der Waals surface area contributed by atoms with Gasteiger partial charge in [0.05, 0.1) is 11.3 Å². The highest BCUT2D eigenvalue weighted by atomic mass is 19.3. The number of rotatable bonds is 10. The molecule has 2 heterocycles. The molecule has 13 heteroatoms. The second kappa shape index (κ2) is 10.9. The molecule has 2 aromatic carbocycles. The number of ketones is 1. The highest BCUT2D eigenvalue weighted by molar-refractivity contribution is 5.94. The number of fused-ring (bicyclic) bond motifs is 3. The van der Waals surface area contributed by atoms with Crippen molar-refractivity contribution in [3.05, 3.63) is 106 Å². The highest BCUT2D eigenvalue weighted by Crippen LogP contribution is 2.68. The molecule has 44 heavy (non-hydrogen) atoms. The molecule has 0 bridgehead atoms. The maximum absolute atomic E-state index is 15.1. The molecule has 0 saturated heterocycles. The summed E-state index contributed by atoms with van der Waals surface area (Å²) >= 11 is 0. The molecule has 6 rings (SSSR count). The van der Waals surface area contributed by atoms with Crippen LogP contribution in [-0.4, -0.2) is 26.5 Å². The molecule has 0 radical (unpaired) electrons. The van der Waals surface area contributed by atoms with Gasteiger partial charge in [0.1, 0.15) is 35.4 Å². The smallest absolute Gasteiger partial charge is 0.293 e. The van der Waals surface area contributed by atoms with E-state index in [0.717, 1.165) is 18.2 Å². The topological polar surface area (TPSA) is 90.9 Å². The SMILES string of the molecule is NC(=O)c1cc(-c2cccnc2[C@@H](CC(=O)Cn2nc(C(F)F)c3c2C(F)(F)C2CC32)Cc2cc(F)cc(F)c2)ccc1F. The number of alkyl halides is 4. The number of carbonyl (C=O) groups is 2. The zero-order valence-electron chi connectivity index (χ0n) is 22.7. The van der Waals surface area contributed by atoms with Crippen LogP contribution >= 0.6 is 0 Å². The molecule has 6 nitrogen and oxygen atoms in total. The number of nitrogens with zero attached hydrogens (tertiary/aromatic N) is 3. The predicted molar refractivity (Wildman–Crippen MR) is 143 cm³/mol. The number of benzene rings is 2. The maximum Gasteiger partial charge on any atom is 0.293 e. The number of hydrogen-bond donors (Lipinski definition) is 1. The number of amides is 1. The van der Waals surface area contributed by atoms with Crippen molar-refractivity contribution in [2.75, 3.05) is 0 Å². The molecule has 2 aromatic heterocycles. The van der Waals surface area contributed by atoms with Gasteiger partial charge in [-0.15, -0.1) is 0 Å². The van der Waals surface area contributed by atoms with Gasteiger partial charge in [0.15, 0.2) is 5.78 Å². The summed E-state index contributed by atoms with van der Waals surface area (Å²) in [5, 5.41) is 3.70. The van der Waals surface area contributed by atoms with Crippen molar-refractivity contribution >= 4 is 11.7 Å². The van der Waals surface area contributed by atoms with Gasteiger partial charge >= 0.3 is 0 Å². The van der Waals surface area contributed by atoms with E-state index in [2.05, 4.69) is 10.1 Å². The summed E-state index contributed by atoms with van der Waals surface area (Å²) in [5.74, 6) is -10.5. The van der Waals surface area contributed by atoms with Crippen LogP contribution in [0.4, 0.5) is 30.7 Å². The Hall–Kier alpha value is -4.55. The van der Waals surface area contributed by atoms with Crippen molar-refractivity contribution in [1.29, 1.82) is 0 Å². The van der Waals surface area contributed by atoms with Gasteiger partial charge < -0.3 is 5.73 Å². The third-order valence-electron chi connectivity index (χ3n) is 8.14. The number of pyridine rings is 1. The van der Waals surface area contributed by atoms with E-state index in [0.29, 0.717) is 21.9 Å². The molecule has 228 valence electrons. The van der Waals surface area contributed by atoms with Crippen LogP contribution in [0.25, 0.3) is 11.1 Å². The normalized spacial score (nSPS) is 18.6. The third kappa shape index (κ3) is 5.24. The standard InChI is InChI=1S/C31H23F7N4O2/c32-17-7-14(8-18(33)11-17)6-16(26-20(2-1-5-40-26)15-3-4-24(34)22(10-15)30(39)44)9-19(43)13-42-28-25(27(41-42)29(35)36)21-12-23(21)31(28,37)38/h1-5,7-8,10-11,16,21,23,29H,6,9,12-13H2,(H2,39,44)/t16-,21?,23?/m1/s1. The van der Waals surface area contributed by atoms with Gasteiger partial charge in [-0.05, 0) is 60.2 Å². The monoisotopic (exact) mass is 616 g/mol. The van der Waals surface area contributed by atoms with Gasteiger partial charge in [0.25, 0.3) is 18.3 Å². The summed E-state index contributed by atoms with van der Waals surface area (Å²) in [5.41, 5.74) is 4.26. The zero-order valence-corrected chi connectivity index (χ0v) is 22.7. The van der Waals surface area contributed by atoms with Crippen LogP contribution in [0.3, 0.4) is 0 Å². The van der Waals surface area contributed by atoms with E-state index in [4.69, 9.17) is 5.73 Å². The second-order valence-electron chi connectivity index (χ2n) is 11.1. The molecule has 1 fully saturated rings. The Labute approximate surface area is 245 Å². The Morgan fingerprint density at radius 1 is 1.02 bits per heavy atom. The zero-order chi connectivity index (χ0) is 31.5. The van der Waals surface area contributed by atoms with Crippen LogP contribution < -0.4 is 5.73 Å². The minimum absolute atomic E-state index is 0.0644. The van der Waals surface area contributed by atoms with E-state index in [1.54, 1.807) is 12.1 Å². The number of Topliss-reactive ketones (excluding diaryl/α,β-unsaturated/α-hetero) is 1. The summed E-state index contributed by atoms with van der Waals surface area (Å²) in [6.07, 6.45) is -2.21. The molecule has 4 aromatic rings. The minimum Gasteiger partial charge on any atom is -0.366 e. The Kier molecular flexibility index (Phi) is 7.29. The lowest BCUT2D eigenvalue weighted by molar-refractivity contribution is -0.120. The summed E-state index contributed by atoms with van der Waals surface area (Å²) in [6, 6.07) is 9.50. The lowest BCUT2D eigenvalue weighted by Crippen LogP contribution is -2.24. The van der Waals surface area contributed by atoms with Gasteiger partial charge in [-0.2, -0.15) is 13.9 Å². The summed E-state index contributed by atoms with van der Waals surface area (Å²) in [6.45, 7) is -0.747. The number of carbonyl (C=O) groups excluding carboxylic acids is 2. The fraction of sp³-hybridized carbons (Fsp3) is 0.290. The van der Waals surface area contributed by atoms with Gasteiger partial charge in [0.2, 0.25) is 0 Å². The maximum atomic E-state index is 15.1. The number of halogens is 7. The first kappa shape index (κ1) is 29.5. The van der Waals surface area contributed by atoms with Crippen LogP contribution in [-0.2, 0) is 23.7 Å². The van der Waals surface area contributed by atoms with Gasteiger partial charge in [0, 0.05) is 41.6 Å². The summed E-state index contributed by atoms with van der Waals surface area (Å²) in [4.78, 5) is 29.6. The van der Waals surface area contributed by atoms with Crippen LogP contribution in [0.1, 0.15) is 69.7 Å². The molecular weight excluding hydrogens is 593 g/mol. The quantitative estimate of drug-likeness (QED) is 0.204. The molecule has 1 amide bonds. The molecule has 2 N–H and O–H groups in total. The van der Waals surface area contributed by atoms with Crippen LogP contribution in [0.5, 0.6) is 0 Å². The molecule has 2 unspecified atom stereocenters. The lowest BCUT2D eigenvalue weighted by Gasteiger charge is -2.21. The average Bonchev–Trinajstić information content (AvgIpc) is 3.61. The molecule has 0 aliphatic heterocycles. The van der Waals surface area contributed by atoms with E-state index in [1.165, 1.54) is 18.3 Å². The van der Waals surface area contributed by atoms with E-state index in [-0.39, 0.29) is 29.7 Å². The summed E-state index contributed by atoms with van der Waals surface area (Å²) in [7, 11) is 0. The second-order valence-corrected chi connectivity index (χ2v) is 11.1. The van der Waals surface area contributed by atoms with Crippen molar-refractivity contribution < 1.29 is 40.3 Å². The largest absolute Gasteiger partial charge is 0.366 e. The van der Waals surface area contributed by atoms with Crippen molar-refractivity contribution in [3.63, 3.8) is 0 Å². The van der Waals surface area contributed by atoms with Gasteiger partial charge in [-0.3, -0.25) is 19.3 Å². The first-order valence-electron chi connectivity index (χ1n) is 13.6. The van der Waals surface area contributed by atoms with Gasteiger partial charge in [-0.25, -0.2) is 22.0 Å². The average molecular weight is 617 g/mol. The Morgan fingerprint density at radius 3 is 2.43 bits per heavy atom. The fourth-order valence-corrected chi connectivity index (χ4v) is 6.23. The van der Waals surface area contributed by atoms with E-state index in [1.807, 2.05) is 0 Å². The molecule has 1 saturated carbocycles. The number of primary amides is 1. The number of aromatic nitrogens is 3. The third-order valence-corrected chi connectivity index (χ3v) is 8.14. The predicted octanol–water partition coefficient (Wildman–Crippen LogP) is 6.59. The van der Waals surface area contributed by atoms with Crippen LogP contribution in [0.2, 0.25) is 0 Å². The molecule has 0 spiro atoms. The van der Waals surface area contributed by atoms with Crippen LogP contribution in [0.15, 0.2) is 54.7 Å². The van der Waals surface area contributed by atoms with Crippen molar-refractivity contribution in [2.24, 2.45) is 11.7 Å². The lowest BCUT2D eigenvalue weighted by atomic mass is 9.86. The molecule has 2 aliphatic carbocycles. The highest BCUT2D eigenvalue weighted by Gasteiger charge is 2.67.